The fraction of sp³-hybridized carbons (Fsp3) is 0.167. The van der Waals surface area contributed by atoms with Gasteiger partial charge in [-0.15, -0.1) is 0 Å². The van der Waals surface area contributed by atoms with E-state index in [1.807, 2.05) is 13.0 Å². The van der Waals surface area contributed by atoms with E-state index in [0.29, 0.717) is 47.4 Å². The number of para-hydroxylation sites is 1. The Kier molecular flexibility index (Phi) is 8.03. The summed E-state index contributed by atoms with van der Waals surface area (Å²) in [5.41, 5.74) is -4.55. The van der Waals surface area contributed by atoms with E-state index in [2.05, 4.69) is 0 Å². The van der Waals surface area contributed by atoms with Gasteiger partial charge in [-0.1, -0.05) is 37.3 Å². The first-order chi connectivity index (χ1) is 22.8. The smallest absolute Gasteiger partial charge is 0.309 e. The molecule has 0 atom stereocenters. The SMILES string of the molecule is CCc1ccccc1-n1c2ccc(-c3cc(C(F)(F)F)cc(C(F)(F)F)c3)cc2c2cc(-c3cc(C(F)(F)F)cc(C(F)(F)F)c3)ccc21. The number of hydrogen-bond acceptors (Lipinski definition) is 0. The van der Waals surface area contributed by atoms with Crippen molar-refractivity contribution < 1.29 is 52.7 Å². The van der Waals surface area contributed by atoms with Gasteiger partial charge in [-0.3, -0.25) is 0 Å². The number of rotatable bonds is 4. The highest BCUT2D eigenvalue weighted by molar-refractivity contribution is 6.11. The van der Waals surface area contributed by atoms with Gasteiger partial charge < -0.3 is 4.57 Å². The molecule has 0 saturated heterocycles. The van der Waals surface area contributed by atoms with E-state index < -0.39 is 58.1 Å². The van der Waals surface area contributed by atoms with Crippen molar-refractivity contribution in [1.29, 1.82) is 0 Å². The van der Waals surface area contributed by atoms with Crippen molar-refractivity contribution in [2.75, 3.05) is 0 Å². The molecule has 6 rings (SSSR count). The Balaban J connectivity index is 1.67. The Labute approximate surface area is 270 Å². The maximum absolute atomic E-state index is 13.7. The van der Waals surface area contributed by atoms with Crippen molar-refractivity contribution in [3.8, 4) is 27.9 Å². The van der Waals surface area contributed by atoms with E-state index in [0.717, 1.165) is 5.56 Å². The van der Waals surface area contributed by atoms with Crippen LogP contribution < -0.4 is 0 Å². The molecule has 0 radical (unpaired) electrons. The van der Waals surface area contributed by atoms with E-state index in [9.17, 15) is 52.7 Å². The van der Waals surface area contributed by atoms with Gasteiger partial charge >= 0.3 is 24.7 Å². The summed E-state index contributed by atoms with van der Waals surface area (Å²) in [6, 6.07) is 17.9. The molecule has 0 aliphatic carbocycles. The summed E-state index contributed by atoms with van der Waals surface area (Å²) in [5.74, 6) is 0. The van der Waals surface area contributed by atoms with Gasteiger partial charge in [0.05, 0.1) is 33.3 Å². The normalized spacial score (nSPS) is 13.1. The van der Waals surface area contributed by atoms with Gasteiger partial charge in [-0.2, -0.15) is 52.7 Å². The molecular formula is C36H21F12N. The lowest BCUT2D eigenvalue weighted by Crippen LogP contribution is -2.11. The van der Waals surface area contributed by atoms with Gasteiger partial charge in [0, 0.05) is 16.5 Å². The van der Waals surface area contributed by atoms with Crippen molar-refractivity contribution in [3.05, 3.63) is 125 Å². The second-order valence-corrected chi connectivity index (χ2v) is 11.4. The number of hydrogen-bond donors (Lipinski definition) is 0. The van der Waals surface area contributed by atoms with Gasteiger partial charge in [0.25, 0.3) is 0 Å². The standard InChI is InChI=1S/C36H21F12N/c1-2-19-5-3-4-6-30(19)49-31-9-7-20(22-11-24(33(37,38)39)17-25(12-22)34(40,41)42)15-28(31)29-16-21(8-10-32(29)49)23-13-26(35(43,44)45)18-27(14-23)36(46,47)48/h3-18H,2H2,1H3. The molecule has 6 aromatic rings. The van der Waals surface area contributed by atoms with Crippen LogP contribution in [0, 0.1) is 0 Å². The first kappa shape index (κ1) is 33.9. The number of benzene rings is 5. The first-order valence-electron chi connectivity index (χ1n) is 14.5. The molecule has 254 valence electrons. The molecule has 1 heterocycles. The summed E-state index contributed by atoms with van der Waals surface area (Å²) in [4.78, 5) is 0. The van der Waals surface area contributed by atoms with Crippen LogP contribution in [0.15, 0.2) is 97.1 Å². The van der Waals surface area contributed by atoms with E-state index in [1.165, 1.54) is 36.4 Å². The van der Waals surface area contributed by atoms with Crippen molar-refractivity contribution in [3.63, 3.8) is 0 Å². The van der Waals surface area contributed by atoms with Crippen LogP contribution in [0.1, 0.15) is 34.7 Å². The van der Waals surface area contributed by atoms with Crippen LogP contribution in [-0.2, 0) is 31.1 Å². The number of alkyl halides is 12. The topological polar surface area (TPSA) is 4.93 Å². The summed E-state index contributed by atoms with van der Waals surface area (Å²) in [5, 5.41) is 0.573. The largest absolute Gasteiger partial charge is 0.416 e. The lowest BCUT2D eigenvalue weighted by molar-refractivity contribution is -0.144. The Morgan fingerprint density at radius 2 is 0.796 bits per heavy atom. The number of fused-ring (bicyclic) bond motifs is 3. The molecule has 0 saturated carbocycles. The molecule has 49 heavy (non-hydrogen) atoms. The summed E-state index contributed by atoms with van der Waals surface area (Å²) in [6.45, 7) is 1.89. The highest BCUT2D eigenvalue weighted by Crippen LogP contribution is 2.43. The lowest BCUT2D eigenvalue weighted by atomic mass is 9.96. The van der Waals surface area contributed by atoms with E-state index >= 15 is 0 Å². The third-order valence-electron chi connectivity index (χ3n) is 8.22. The molecule has 0 N–H and O–H groups in total. The second kappa shape index (κ2) is 11.6. The maximum Gasteiger partial charge on any atom is 0.416 e. The monoisotopic (exact) mass is 695 g/mol. The van der Waals surface area contributed by atoms with Crippen LogP contribution in [0.5, 0.6) is 0 Å². The Hall–Kier alpha value is -4.94. The number of halogens is 12. The van der Waals surface area contributed by atoms with Gasteiger partial charge in [0.15, 0.2) is 0 Å². The summed E-state index contributed by atoms with van der Waals surface area (Å²) in [6.07, 6.45) is -19.9. The highest BCUT2D eigenvalue weighted by Gasteiger charge is 2.38. The van der Waals surface area contributed by atoms with Gasteiger partial charge in [0.2, 0.25) is 0 Å². The molecule has 0 aliphatic rings. The first-order valence-corrected chi connectivity index (χ1v) is 14.5. The summed E-state index contributed by atoms with van der Waals surface area (Å²) in [7, 11) is 0. The van der Waals surface area contributed by atoms with Gasteiger partial charge in [0.1, 0.15) is 0 Å². The van der Waals surface area contributed by atoms with Crippen molar-refractivity contribution in [2.45, 2.75) is 38.0 Å². The van der Waals surface area contributed by atoms with Gasteiger partial charge in [-0.05, 0) is 101 Å². The van der Waals surface area contributed by atoms with E-state index in [4.69, 9.17) is 0 Å². The molecule has 0 unspecified atom stereocenters. The molecule has 0 fully saturated rings. The predicted molar refractivity (Wildman–Crippen MR) is 161 cm³/mol. The molecule has 0 amide bonds. The second-order valence-electron chi connectivity index (χ2n) is 11.4. The zero-order chi connectivity index (χ0) is 35.7. The number of nitrogens with zero attached hydrogens (tertiary/aromatic N) is 1. The molecule has 0 bridgehead atoms. The third kappa shape index (κ3) is 6.45. The molecule has 1 aromatic heterocycles. The van der Waals surface area contributed by atoms with Crippen LogP contribution in [0.4, 0.5) is 52.7 Å². The molecule has 0 aliphatic heterocycles. The average Bonchev–Trinajstić information content (AvgIpc) is 3.35. The van der Waals surface area contributed by atoms with Crippen LogP contribution >= 0.6 is 0 Å². The minimum absolute atomic E-state index is 0.00608. The molecular weight excluding hydrogens is 674 g/mol. The number of aryl methyl sites for hydroxylation is 1. The molecule has 0 spiro atoms. The maximum atomic E-state index is 13.7. The summed E-state index contributed by atoms with van der Waals surface area (Å²) < 4.78 is 166. The summed E-state index contributed by atoms with van der Waals surface area (Å²) >= 11 is 0. The van der Waals surface area contributed by atoms with Crippen molar-refractivity contribution in [2.24, 2.45) is 0 Å². The fourth-order valence-corrected chi connectivity index (χ4v) is 5.91. The van der Waals surface area contributed by atoms with Crippen LogP contribution in [-0.4, -0.2) is 4.57 Å². The van der Waals surface area contributed by atoms with Crippen molar-refractivity contribution in [1.82, 2.24) is 4.57 Å². The Bertz CT molecular complexity index is 2020. The zero-order valence-corrected chi connectivity index (χ0v) is 24.9. The molecule has 13 heteroatoms. The molecule has 1 nitrogen and oxygen atoms in total. The zero-order valence-electron chi connectivity index (χ0n) is 24.9. The Morgan fingerprint density at radius 3 is 1.14 bits per heavy atom. The number of aromatic nitrogens is 1. The van der Waals surface area contributed by atoms with Crippen LogP contribution in [0.3, 0.4) is 0 Å². The highest BCUT2D eigenvalue weighted by atomic mass is 19.4. The molecule has 5 aromatic carbocycles. The van der Waals surface area contributed by atoms with Gasteiger partial charge in [-0.25, -0.2) is 0 Å². The predicted octanol–water partition coefficient (Wildman–Crippen LogP) is 12.8. The van der Waals surface area contributed by atoms with E-state index in [1.54, 1.807) is 22.8 Å². The fourth-order valence-electron chi connectivity index (χ4n) is 5.91. The third-order valence-corrected chi connectivity index (χ3v) is 8.22. The quantitative estimate of drug-likeness (QED) is 0.162. The van der Waals surface area contributed by atoms with E-state index in [-0.39, 0.29) is 34.0 Å². The van der Waals surface area contributed by atoms with Crippen LogP contribution in [0.25, 0.3) is 49.7 Å². The average molecular weight is 696 g/mol. The minimum atomic E-state index is -5.10. The van der Waals surface area contributed by atoms with Crippen LogP contribution in [0.2, 0.25) is 0 Å². The van der Waals surface area contributed by atoms with Crippen molar-refractivity contribution >= 4 is 21.8 Å². The lowest BCUT2D eigenvalue weighted by Gasteiger charge is -2.15. The minimum Gasteiger partial charge on any atom is -0.309 e. The Morgan fingerprint density at radius 1 is 0.429 bits per heavy atom.